The highest BCUT2D eigenvalue weighted by Gasteiger charge is 2.23. The largest absolute Gasteiger partial charge is 0.395 e. The van der Waals surface area contributed by atoms with E-state index in [1.54, 1.807) is 18.2 Å². The minimum Gasteiger partial charge on any atom is -0.395 e. The number of nitrogens with zero attached hydrogens (tertiary/aromatic N) is 5. The summed E-state index contributed by atoms with van der Waals surface area (Å²) in [4.78, 5) is 31.6. The van der Waals surface area contributed by atoms with Crippen LogP contribution in [0.25, 0.3) is 11.3 Å². The first-order valence-corrected chi connectivity index (χ1v) is 13.6. The number of aromatic nitrogens is 2. The van der Waals surface area contributed by atoms with E-state index in [0.29, 0.717) is 46.8 Å². The summed E-state index contributed by atoms with van der Waals surface area (Å²) in [6.45, 7) is 7.07. The second kappa shape index (κ2) is 14.3. The van der Waals surface area contributed by atoms with Crippen LogP contribution in [0.4, 0.5) is 20.2 Å². The van der Waals surface area contributed by atoms with Crippen LogP contribution in [0, 0.1) is 23.0 Å². The average Bonchev–Trinajstić information content (AvgIpc) is 3.01. The fourth-order valence-electron chi connectivity index (χ4n) is 4.82. The maximum atomic E-state index is 14.4. The number of benzene rings is 2. The van der Waals surface area contributed by atoms with Crippen LogP contribution < -0.4 is 21.1 Å². The number of hydrogen-bond acceptors (Lipinski definition) is 8. The van der Waals surface area contributed by atoms with Crippen molar-refractivity contribution in [1.29, 1.82) is 5.26 Å². The average molecular weight is 588 g/mol. The van der Waals surface area contributed by atoms with E-state index in [9.17, 15) is 23.6 Å². The Kier molecular flexibility index (Phi) is 10.3. The van der Waals surface area contributed by atoms with Gasteiger partial charge in [0.15, 0.2) is 11.6 Å². The molecule has 3 N–H and O–H groups in total. The van der Waals surface area contributed by atoms with Crippen molar-refractivity contribution < 1.29 is 18.7 Å². The van der Waals surface area contributed by atoms with E-state index in [-0.39, 0.29) is 18.3 Å². The lowest BCUT2D eigenvalue weighted by Crippen LogP contribution is -2.43. The van der Waals surface area contributed by atoms with E-state index in [4.69, 9.17) is 5.11 Å². The van der Waals surface area contributed by atoms with Gasteiger partial charge in [-0.3, -0.25) is 14.6 Å². The van der Waals surface area contributed by atoms with Crippen LogP contribution >= 0.6 is 0 Å². The van der Waals surface area contributed by atoms with Gasteiger partial charge in [0.25, 0.3) is 11.5 Å². The Hall–Kier alpha value is -4.99. The zero-order valence-electron chi connectivity index (χ0n) is 23.6. The third-order valence-electron chi connectivity index (χ3n) is 7.11. The number of nitrogens with one attached hydrogen (secondary N) is 2. The highest BCUT2D eigenvalue weighted by Crippen LogP contribution is 2.33. The van der Waals surface area contributed by atoms with Gasteiger partial charge in [-0.25, -0.2) is 8.78 Å². The number of carbonyl (C=O) groups excluding carboxylic acids is 1. The Bertz CT molecular complexity index is 1650. The first-order chi connectivity index (χ1) is 20.8. The Balaban J connectivity index is 1.70. The van der Waals surface area contributed by atoms with Crippen molar-refractivity contribution in [2.24, 2.45) is 4.99 Å². The number of para-hydroxylation sites is 1. The van der Waals surface area contributed by atoms with Gasteiger partial charge >= 0.3 is 0 Å². The summed E-state index contributed by atoms with van der Waals surface area (Å²) in [6, 6.07) is 13.1. The summed E-state index contributed by atoms with van der Waals surface area (Å²) in [5, 5.41) is 28.9. The first-order valence-electron chi connectivity index (χ1n) is 13.6. The lowest BCUT2D eigenvalue weighted by atomic mass is 9.98. The van der Waals surface area contributed by atoms with Crippen LogP contribution in [-0.4, -0.2) is 59.8 Å². The molecule has 10 nitrogen and oxygen atoms in total. The van der Waals surface area contributed by atoms with Crippen molar-refractivity contribution >= 4 is 29.6 Å². The monoisotopic (exact) mass is 587 g/mol. The molecule has 0 radical (unpaired) electrons. The van der Waals surface area contributed by atoms with Gasteiger partial charge in [-0.2, -0.15) is 15.0 Å². The van der Waals surface area contributed by atoms with Crippen LogP contribution in [-0.2, 0) is 0 Å². The van der Waals surface area contributed by atoms with Crippen LogP contribution in [0.3, 0.4) is 0 Å². The molecule has 222 valence electrons. The van der Waals surface area contributed by atoms with E-state index in [0.717, 1.165) is 42.7 Å². The molecule has 1 aliphatic heterocycles. The molecule has 0 atom stereocenters. The number of rotatable bonds is 10. The highest BCUT2D eigenvalue weighted by molar-refractivity contribution is 6.05. The molecular weight excluding hydrogens is 556 g/mol. The molecule has 0 saturated carbocycles. The van der Waals surface area contributed by atoms with Gasteiger partial charge in [0.1, 0.15) is 11.4 Å². The predicted octanol–water partition coefficient (Wildman–Crippen LogP) is 3.83. The molecule has 0 unspecified atom stereocenters. The van der Waals surface area contributed by atoms with E-state index in [1.165, 1.54) is 12.3 Å². The number of allylic oxidation sites excluding steroid dienone is 3. The van der Waals surface area contributed by atoms with Crippen molar-refractivity contribution in [2.75, 3.05) is 36.5 Å². The topological polar surface area (TPSA) is 136 Å². The van der Waals surface area contributed by atoms with Crippen LogP contribution in [0.1, 0.15) is 35.8 Å². The molecule has 1 fully saturated rings. The molecule has 0 spiro atoms. The fourth-order valence-corrected chi connectivity index (χ4v) is 4.82. The smallest absolute Gasteiger partial charge is 0.276 e. The fraction of sp³-hybridized carbons (Fsp3) is 0.258. The maximum absolute atomic E-state index is 14.4. The van der Waals surface area contributed by atoms with Crippen molar-refractivity contribution in [1.82, 2.24) is 15.1 Å². The molecular formula is C31H31F2N7O3. The van der Waals surface area contributed by atoms with E-state index < -0.39 is 28.8 Å². The molecule has 3 aromatic rings. The summed E-state index contributed by atoms with van der Waals surface area (Å²) in [5.41, 5.74) is 1.27. The van der Waals surface area contributed by atoms with Crippen molar-refractivity contribution in [3.63, 3.8) is 0 Å². The number of aliphatic hydroxyl groups is 1. The summed E-state index contributed by atoms with van der Waals surface area (Å²) in [7, 11) is 0. The zero-order chi connectivity index (χ0) is 30.9. The number of aliphatic hydroxyl groups excluding tert-OH is 1. The van der Waals surface area contributed by atoms with Gasteiger partial charge in [-0.1, -0.05) is 12.1 Å². The molecule has 0 bridgehead atoms. The third-order valence-corrected chi connectivity index (χ3v) is 7.11. The van der Waals surface area contributed by atoms with Crippen LogP contribution in [0.15, 0.2) is 76.2 Å². The molecule has 2 heterocycles. The first kappa shape index (κ1) is 31.0. The quantitative estimate of drug-likeness (QED) is 0.186. The van der Waals surface area contributed by atoms with E-state index in [1.807, 2.05) is 13.0 Å². The molecule has 1 aliphatic rings. The Morgan fingerprint density at radius 3 is 2.58 bits per heavy atom. The van der Waals surface area contributed by atoms with Gasteiger partial charge < -0.3 is 20.6 Å². The number of anilines is 2. The lowest BCUT2D eigenvalue weighted by Gasteiger charge is -2.35. The van der Waals surface area contributed by atoms with Crippen molar-refractivity contribution in [2.45, 2.75) is 25.8 Å². The molecule has 2 aromatic carbocycles. The molecule has 43 heavy (non-hydrogen) atoms. The number of aliphatic imine (C=N–C) groups is 1. The third kappa shape index (κ3) is 7.27. The van der Waals surface area contributed by atoms with Crippen molar-refractivity contribution in [3.05, 3.63) is 99.6 Å². The minimum absolute atomic E-state index is 0.0476. The van der Waals surface area contributed by atoms with Gasteiger partial charge in [-0.05, 0) is 74.0 Å². The number of halogens is 2. The minimum atomic E-state index is -0.999. The molecule has 4 rings (SSSR count). The van der Waals surface area contributed by atoms with Gasteiger partial charge in [0.05, 0.1) is 29.6 Å². The molecule has 0 aliphatic carbocycles. The number of nitriles is 1. The number of carbonyl (C=O) groups is 1. The van der Waals surface area contributed by atoms with Gasteiger partial charge in [0.2, 0.25) is 0 Å². The standard InChI is InChI=1S/C31H31F2N7O3/c1-20(22(19-34)10-13-35-2)21-6-7-26(28(18-21)39-15-11-23(12-16-39)36-14-17-41)37-31(43)27-8-9-29(42)40(38-27)30-24(32)4-3-5-25(30)33/h3-10,13,18,23,36,41H,2,11-12,14-17H2,1H3,(H,37,43)/b13-10-,22-20-. The summed E-state index contributed by atoms with van der Waals surface area (Å²) in [6.07, 6.45) is 4.59. The molecule has 1 aromatic heterocycles. The summed E-state index contributed by atoms with van der Waals surface area (Å²) >= 11 is 0. The van der Waals surface area contributed by atoms with Crippen molar-refractivity contribution in [3.8, 4) is 11.8 Å². The lowest BCUT2D eigenvalue weighted by molar-refractivity contribution is 0.102. The van der Waals surface area contributed by atoms with Gasteiger partial charge in [0, 0.05) is 37.9 Å². The maximum Gasteiger partial charge on any atom is 0.276 e. The summed E-state index contributed by atoms with van der Waals surface area (Å²) < 4.78 is 29.3. The number of hydrogen-bond donors (Lipinski definition) is 3. The Labute approximate surface area is 247 Å². The number of piperidine rings is 1. The predicted molar refractivity (Wildman–Crippen MR) is 161 cm³/mol. The van der Waals surface area contributed by atoms with E-state index in [2.05, 4.69) is 38.4 Å². The van der Waals surface area contributed by atoms with Crippen LogP contribution in [0.5, 0.6) is 0 Å². The Morgan fingerprint density at radius 2 is 1.93 bits per heavy atom. The van der Waals surface area contributed by atoms with Gasteiger partial charge in [-0.15, -0.1) is 0 Å². The zero-order valence-corrected chi connectivity index (χ0v) is 23.6. The van der Waals surface area contributed by atoms with Crippen LogP contribution in [0.2, 0.25) is 0 Å². The molecule has 12 heteroatoms. The second-order valence-corrected chi connectivity index (χ2v) is 9.81. The normalized spacial score (nSPS) is 14.3. The van der Waals surface area contributed by atoms with E-state index >= 15 is 0 Å². The Morgan fingerprint density at radius 1 is 1.21 bits per heavy atom. The number of amides is 1. The molecule has 1 saturated heterocycles. The second-order valence-electron chi connectivity index (χ2n) is 9.81. The SMILES string of the molecule is C=N/C=C\C(C#N)=C(/C)c1ccc(NC(=O)c2ccc(=O)n(-c3c(F)cccc3F)n2)c(N2CCC(NCCO)CC2)c1. The molecule has 1 amide bonds. The summed E-state index contributed by atoms with van der Waals surface area (Å²) in [5.74, 6) is -2.69. The highest BCUT2D eigenvalue weighted by atomic mass is 19.1.